The van der Waals surface area contributed by atoms with Gasteiger partial charge in [-0.15, -0.1) is 0 Å². The standard InChI is InChI=1S/C9H8Br2O2/c1-5-8(10)3-7(4-9(5)11)13-6(2)12/h3-4H,1-2H3. The number of ether oxygens (including phenoxy) is 1. The highest BCUT2D eigenvalue weighted by Crippen LogP contribution is 2.29. The van der Waals surface area contributed by atoms with E-state index >= 15 is 0 Å². The maximum absolute atomic E-state index is 10.7. The Labute approximate surface area is 93.5 Å². The lowest BCUT2D eigenvalue weighted by atomic mass is 10.2. The molecule has 0 aliphatic rings. The molecule has 0 aliphatic heterocycles. The van der Waals surface area contributed by atoms with E-state index in [0.717, 1.165) is 14.5 Å². The summed E-state index contributed by atoms with van der Waals surface area (Å²) in [5.74, 6) is 0.222. The molecule has 0 bridgehead atoms. The van der Waals surface area contributed by atoms with Crippen LogP contribution in [0.2, 0.25) is 0 Å². The minimum Gasteiger partial charge on any atom is -0.427 e. The van der Waals surface area contributed by atoms with Gasteiger partial charge in [0, 0.05) is 15.9 Å². The van der Waals surface area contributed by atoms with Crippen molar-refractivity contribution < 1.29 is 9.53 Å². The van der Waals surface area contributed by atoms with Gasteiger partial charge in [0.2, 0.25) is 0 Å². The lowest BCUT2D eigenvalue weighted by Gasteiger charge is -2.05. The van der Waals surface area contributed by atoms with E-state index in [0.29, 0.717) is 5.75 Å². The third-order valence-corrected chi connectivity index (χ3v) is 3.16. The molecule has 13 heavy (non-hydrogen) atoms. The summed E-state index contributed by atoms with van der Waals surface area (Å²) in [6.07, 6.45) is 0. The van der Waals surface area contributed by atoms with Gasteiger partial charge in [0.1, 0.15) is 5.75 Å². The molecule has 0 saturated carbocycles. The highest BCUT2D eigenvalue weighted by atomic mass is 79.9. The smallest absolute Gasteiger partial charge is 0.308 e. The second-order valence-electron chi connectivity index (χ2n) is 2.61. The van der Waals surface area contributed by atoms with Crippen LogP contribution in [-0.4, -0.2) is 5.97 Å². The van der Waals surface area contributed by atoms with Gasteiger partial charge in [0.05, 0.1) is 0 Å². The van der Waals surface area contributed by atoms with Crippen LogP contribution in [0.15, 0.2) is 21.1 Å². The number of hydrogen-bond donors (Lipinski definition) is 0. The van der Waals surface area contributed by atoms with Crippen LogP contribution in [-0.2, 0) is 4.79 Å². The molecule has 4 heteroatoms. The SMILES string of the molecule is CC(=O)Oc1cc(Br)c(C)c(Br)c1. The topological polar surface area (TPSA) is 26.3 Å². The molecule has 0 spiro atoms. The van der Waals surface area contributed by atoms with Crippen molar-refractivity contribution >= 4 is 37.8 Å². The first-order chi connectivity index (χ1) is 6.00. The number of halogens is 2. The lowest BCUT2D eigenvalue weighted by Crippen LogP contribution is -2.01. The quantitative estimate of drug-likeness (QED) is 0.587. The maximum Gasteiger partial charge on any atom is 0.308 e. The second-order valence-corrected chi connectivity index (χ2v) is 4.31. The van der Waals surface area contributed by atoms with E-state index in [1.165, 1.54) is 6.92 Å². The molecule has 0 radical (unpaired) electrons. The summed E-state index contributed by atoms with van der Waals surface area (Å²) in [6.45, 7) is 3.34. The Morgan fingerprint density at radius 3 is 2.15 bits per heavy atom. The molecule has 0 unspecified atom stereocenters. The summed E-state index contributed by atoms with van der Waals surface area (Å²) in [5, 5.41) is 0. The Morgan fingerprint density at radius 1 is 1.31 bits per heavy atom. The van der Waals surface area contributed by atoms with E-state index < -0.39 is 0 Å². The first kappa shape index (κ1) is 10.7. The molecule has 0 atom stereocenters. The molecule has 0 aliphatic carbocycles. The van der Waals surface area contributed by atoms with Crippen LogP contribution in [0.5, 0.6) is 5.75 Å². The van der Waals surface area contributed by atoms with Crippen LogP contribution in [0.4, 0.5) is 0 Å². The van der Waals surface area contributed by atoms with Gasteiger partial charge in [-0.3, -0.25) is 4.79 Å². The van der Waals surface area contributed by atoms with Crippen LogP contribution >= 0.6 is 31.9 Å². The predicted molar refractivity (Wildman–Crippen MR) is 57.9 cm³/mol. The molecule has 2 nitrogen and oxygen atoms in total. The highest BCUT2D eigenvalue weighted by molar-refractivity contribution is 9.11. The third kappa shape index (κ3) is 2.81. The number of hydrogen-bond acceptors (Lipinski definition) is 2. The van der Waals surface area contributed by atoms with E-state index in [2.05, 4.69) is 31.9 Å². The summed E-state index contributed by atoms with van der Waals surface area (Å²) in [7, 11) is 0. The van der Waals surface area contributed by atoms with Crippen molar-refractivity contribution in [3.8, 4) is 5.75 Å². The minimum absolute atomic E-state index is 0.317. The van der Waals surface area contributed by atoms with Crippen molar-refractivity contribution in [2.45, 2.75) is 13.8 Å². The monoisotopic (exact) mass is 306 g/mol. The van der Waals surface area contributed by atoms with Crippen molar-refractivity contribution in [1.82, 2.24) is 0 Å². The van der Waals surface area contributed by atoms with Gasteiger partial charge in [0.25, 0.3) is 0 Å². The van der Waals surface area contributed by atoms with Crippen LogP contribution < -0.4 is 4.74 Å². The molecule has 1 aromatic rings. The van der Waals surface area contributed by atoms with E-state index in [1.54, 1.807) is 12.1 Å². The molecule has 0 heterocycles. The molecule has 0 aromatic heterocycles. The van der Waals surface area contributed by atoms with Crippen molar-refractivity contribution in [3.05, 3.63) is 26.6 Å². The summed E-state index contributed by atoms with van der Waals surface area (Å²) in [5.41, 5.74) is 1.08. The zero-order chi connectivity index (χ0) is 10.0. The summed E-state index contributed by atoms with van der Waals surface area (Å²) in [6, 6.07) is 3.53. The van der Waals surface area contributed by atoms with Crippen LogP contribution in [0, 0.1) is 6.92 Å². The number of esters is 1. The fourth-order valence-corrected chi connectivity index (χ4v) is 1.99. The van der Waals surface area contributed by atoms with Gasteiger partial charge < -0.3 is 4.74 Å². The summed E-state index contributed by atoms with van der Waals surface area (Å²) >= 11 is 6.73. The Morgan fingerprint density at radius 2 is 1.77 bits per heavy atom. The van der Waals surface area contributed by atoms with Crippen LogP contribution in [0.25, 0.3) is 0 Å². The average molecular weight is 308 g/mol. The molecular weight excluding hydrogens is 300 g/mol. The van der Waals surface area contributed by atoms with E-state index in [1.807, 2.05) is 6.92 Å². The van der Waals surface area contributed by atoms with Gasteiger partial charge in [-0.05, 0) is 24.6 Å². The number of carbonyl (C=O) groups is 1. The highest BCUT2D eigenvalue weighted by Gasteiger charge is 2.05. The van der Waals surface area contributed by atoms with Crippen molar-refractivity contribution in [2.75, 3.05) is 0 Å². The molecule has 0 fully saturated rings. The van der Waals surface area contributed by atoms with Crippen molar-refractivity contribution in [2.24, 2.45) is 0 Å². The summed E-state index contributed by atoms with van der Waals surface area (Å²) < 4.78 is 6.76. The Bertz CT molecular complexity index is 324. The van der Waals surface area contributed by atoms with Gasteiger partial charge in [-0.1, -0.05) is 31.9 Å². The normalized spacial score (nSPS) is 9.85. The minimum atomic E-state index is -0.317. The first-order valence-corrected chi connectivity index (χ1v) is 5.23. The molecule has 0 N–H and O–H groups in total. The number of carbonyl (C=O) groups excluding carboxylic acids is 1. The fourth-order valence-electron chi connectivity index (χ4n) is 0.847. The van der Waals surface area contributed by atoms with E-state index in [9.17, 15) is 4.79 Å². The van der Waals surface area contributed by atoms with Crippen molar-refractivity contribution in [1.29, 1.82) is 0 Å². The third-order valence-electron chi connectivity index (χ3n) is 1.52. The molecule has 0 amide bonds. The summed E-state index contributed by atoms with van der Waals surface area (Å²) in [4.78, 5) is 10.7. The van der Waals surface area contributed by atoms with Gasteiger partial charge in [-0.2, -0.15) is 0 Å². The fraction of sp³-hybridized carbons (Fsp3) is 0.222. The van der Waals surface area contributed by atoms with Crippen molar-refractivity contribution in [3.63, 3.8) is 0 Å². The van der Waals surface area contributed by atoms with Crippen LogP contribution in [0.3, 0.4) is 0 Å². The molecule has 0 saturated heterocycles. The van der Waals surface area contributed by atoms with Gasteiger partial charge in [0.15, 0.2) is 0 Å². The Kier molecular flexibility index (Phi) is 3.50. The predicted octanol–water partition coefficient (Wildman–Crippen LogP) is 3.45. The zero-order valence-corrected chi connectivity index (χ0v) is 10.4. The van der Waals surface area contributed by atoms with Gasteiger partial charge >= 0.3 is 5.97 Å². The average Bonchev–Trinajstić information content (AvgIpc) is 1.98. The van der Waals surface area contributed by atoms with E-state index in [4.69, 9.17) is 4.74 Å². The van der Waals surface area contributed by atoms with Gasteiger partial charge in [-0.25, -0.2) is 0 Å². The Hall–Kier alpha value is -0.350. The first-order valence-electron chi connectivity index (χ1n) is 3.65. The zero-order valence-electron chi connectivity index (χ0n) is 7.23. The lowest BCUT2D eigenvalue weighted by molar-refractivity contribution is -0.131. The molecule has 1 rings (SSSR count). The molecular formula is C9H8Br2O2. The number of benzene rings is 1. The molecule has 70 valence electrons. The largest absolute Gasteiger partial charge is 0.427 e. The van der Waals surface area contributed by atoms with E-state index in [-0.39, 0.29) is 5.97 Å². The molecule has 1 aromatic carbocycles. The number of rotatable bonds is 1. The Balaban J connectivity index is 3.06. The van der Waals surface area contributed by atoms with Crippen LogP contribution in [0.1, 0.15) is 12.5 Å². The second kappa shape index (κ2) is 4.24. The maximum atomic E-state index is 10.7.